The van der Waals surface area contributed by atoms with E-state index in [9.17, 15) is 4.79 Å². The maximum atomic E-state index is 12.6. The molecule has 6 heteroatoms. The van der Waals surface area contributed by atoms with Crippen LogP contribution in [-0.4, -0.2) is 39.6 Å². The molecule has 0 N–H and O–H groups in total. The number of carbonyl (C=O) groups is 1. The van der Waals surface area contributed by atoms with Gasteiger partial charge in [-0.05, 0) is 49.2 Å². The van der Waals surface area contributed by atoms with Crippen molar-refractivity contribution in [3.05, 3.63) is 84.2 Å². The van der Waals surface area contributed by atoms with Crippen LogP contribution in [0.15, 0.2) is 67.3 Å². The van der Waals surface area contributed by atoms with E-state index in [0.717, 1.165) is 44.9 Å². The molecule has 0 unspecified atom stereocenters. The van der Waals surface area contributed by atoms with Gasteiger partial charge in [-0.2, -0.15) is 5.10 Å². The highest BCUT2D eigenvalue weighted by atomic mass is 16.1. The van der Waals surface area contributed by atoms with E-state index in [1.807, 2.05) is 64.9 Å². The summed E-state index contributed by atoms with van der Waals surface area (Å²) in [7, 11) is 4.04. The maximum absolute atomic E-state index is 12.6. The number of aryl methyl sites for hydroxylation is 2. The highest BCUT2D eigenvalue weighted by Gasteiger charge is 2.12. The Morgan fingerprint density at radius 3 is 2.34 bits per heavy atom. The van der Waals surface area contributed by atoms with E-state index in [-0.39, 0.29) is 18.7 Å². The molecule has 0 saturated heterocycles. The Morgan fingerprint density at radius 2 is 1.69 bits per heavy atom. The Balaban J connectivity index is 1.41. The lowest BCUT2D eigenvalue weighted by molar-refractivity contribution is -0.119. The van der Waals surface area contributed by atoms with Crippen LogP contribution >= 0.6 is 0 Å². The standard InChI is InChI=1S/C26H27N5O/c1-18-11-22(14-27-13-18)26-17-31(29-19(26)2)16-25(32)12-23-8-5-21(15-28-23)20-6-9-24(10-7-20)30(3)4/h5-11,13-15,17H,12,16H2,1-4H3. The molecule has 1 aromatic carbocycles. The molecule has 6 nitrogen and oxygen atoms in total. The lowest BCUT2D eigenvalue weighted by atomic mass is 10.1. The summed E-state index contributed by atoms with van der Waals surface area (Å²) in [6.45, 7) is 4.18. The molecule has 0 spiro atoms. The molecule has 32 heavy (non-hydrogen) atoms. The zero-order valence-corrected chi connectivity index (χ0v) is 18.9. The second kappa shape index (κ2) is 9.14. The van der Waals surface area contributed by atoms with Gasteiger partial charge in [-0.3, -0.25) is 19.4 Å². The van der Waals surface area contributed by atoms with Crippen LogP contribution in [0.25, 0.3) is 22.3 Å². The molecule has 0 fully saturated rings. The Labute approximate surface area is 188 Å². The molecule has 3 heterocycles. The fourth-order valence-electron chi connectivity index (χ4n) is 3.67. The Kier molecular flexibility index (Phi) is 6.12. The van der Waals surface area contributed by atoms with Gasteiger partial charge in [0.2, 0.25) is 0 Å². The molecule has 0 aliphatic carbocycles. The smallest absolute Gasteiger partial charge is 0.160 e. The number of hydrogen-bond donors (Lipinski definition) is 0. The number of carbonyl (C=O) groups excluding carboxylic acids is 1. The van der Waals surface area contributed by atoms with Crippen LogP contribution in [0.4, 0.5) is 5.69 Å². The van der Waals surface area contributed by atoms with Crippen LogP contribution in [0, 0.1) is 13.8 Å². The first-order valence-corrected chi connectivity index (χ1v) is 10.6. The first kappa shape index (κ1) is 21.4. The number of aromatic nitrogens is 4. The minimum Gasteiger partial charge on any atom is -0.378 e. The number of ketones is 1. The molecule has 0 amide bonds. The first-order valence-electron chi connectivity index (χ1n) is 10.6. The average molecular weight is 426 g/mol. The summed E-state index contributed by atoms with van der Waals surface area (Å²) in [5.41, 5.74) is 8.03. The van der Waals surface area contributed by atoms with Crippen molar-refractivity contribution in [2.24, 2.45) is 0 Å². The van der Waals surface area contributed by atoms with E-state index in [4.69, 9.17) is 0 Å². The quantitative estimate of drug-likeness (QED) is 0.436. The van der Waals surface area contributed by atoms with Crippen LogP contribution in [0.5, 0.6) is 0 Å². The summed E-state index contributed by atoms with van der Waals surface area (Å²) in [6, 6.07) is 14.3. The van der Waals surface area contributed by atoms with Crippen LogP contribution < -0.4 is 4.90 Å². The largest absolute Gasteiger partial charge is 0.378 e. The lowest BCUT2D eigenvalue weighted by Gasteiger charge is -2.12. The normalized spacial score (nSPS) is 10.9. The topological polar surface area (TPSA) is 63.9 Å². The van der Waals surface area contributed by atoms with Crippen LogP contribution in [0.1, 0.15) is 17.0 Å². The van der Waals surface area contributed by atoms with Crippen molar-refractivity contribution in [1.29, 1.82) is 0 Å². The van der Waals surface area contributed by atoms with Gasteiger partial charge in [-0.15, -0.1) is 0 Å². The number of pyridine rings is 2. The minimum atomic E-state index is 0.0667. The zero-order valence-electron chi connectivity index (χ0n) is 18.9. The second-order valence-electron chi connectivity index (χ2n) is 8.27. The third kappa shape index (κ3) is 4.91. The monoisotopic (exact) mass is 425 g/mol. The molecular formula is C26H27N5O. The highest BCUT2D eigenvalue weighted by Crippen LogP contribution is 2.23. The highest BCUT2D eigenvalue weighted by molar-refractivity contribution is 5.80. The Bertz CT molecular complexity index is 1220. The molecule has 0 radical (unpaired) electrons. The fraction of sp³-hybridized carbons (Fsp3) is 0.231. The van der Waals surface area contributed by atoms with E-state index in [1.54, 1.807) is 4.68 Å². The van der Waals surface area contributed by atoms with Gasteiger partial charge in [0.1, 0.15) is 0 Å². The van der Waals surface area contributed by atoms with E-state index in [1.165, 1.54) is 0 Å². The third-order valence-electron chi connectivity index (χ3n) is 5.39. The van der Waals surface area contributed by atoms with Gasteiger partial charge in [-0.25, -0.2) is 0 Å². The van der Waals surface area contributed by atoms with Crippen molar-refractivity contribution < 1.29 is 4.79 Å². The van der Waals surface area contributed by atoms with E-state index in [0.29, 0.717) is 0 Å². The van der Waals surface area contributed by atoms with Crippen molar-refractivity contribution in [3.63, 3.8) is 0 Å². The third-order valence-corrected chi connectivity index (χ3v) is 5.39. The molecule has 0 bridgehead atoms. The van der Waals surface area contributed by atoms with E-state index >= 15 is 0 Å². The van der Waals surface area contributed by atoms with Crippen molar-refractivity contribution in [1.82, 2.24) is 19.7 Å². The van der Waals surface area contributed by atoms with Gasteiger partial charge in [0, 0.05) is 67.0 Å². The van der Waals surface area contributed by atoms with Gasteiger partial charge >= 0.3 is 0 Å². The predicted molar refractivity (Wildman–Crippen MR) is 128 cm³/mol. The number of rotatable bonds is 7. The van der Waals surface area contributed by atoms with Gasteiger partial charge in [0.15, 0.2) is 5.78 Å². The number of nitrogens with zero attached hydrogens (tertiary/aromatic N) is 5. The molecule has 0 atom stereocenters. The lowest BCUT2D eigenvalue weighted by Crippen LogP contribution is -2.13. The summed E-state index contributed by atoms with van der Waals surface area (Å²) in [4.78, 5) is 23.5. The summed E-state index contributed by atoms with van der Waals surface area (Å²) in [5, 5.41) is 4.52. The average Bonchev–Trinajstić information content (AvgIpc) is 3.14. The molecule has 0 saturated carbocycles. The summed E-state index contributed by atoms with van der Waals surface area (Å²) < 4.78 is 1.70. The molecule has 4 rings (SSSR count). The summed E-state index contributed by atoms with van der Waals surface area (Å²) in [5.74, 6) is 0.0667. The molecule has 162 valence electrons. The fourth-order valence-corrected chi connectivity index (χ4v) is 3.67. The van der Waals surface area contributed by atoms with Gasteiger partial charge in [0.05, 0.1) is 18.7 Å². The van der Waals surface area contributed by atoms with Crippen molar-refractivity contribution in [2.45, 2.75) is 26.8 Å². The predicted octanol–water partition coefficient (Wildman–Crippen LogP) is 4.50. The Morgan fingerprint density at radius 1 is 0.938 bits per heavy atom. The SMILES string of the molecule is Cc1cncc(-c2cn(CC(=O)Cc3ccc(-c4ccc(N(C)C)cc4)cn3)nc2C)c1. The van der Waals surface area contributed by atoms with Crippen molar-refractivity contribution in [2.75, 3.05) is 19.0 Å². The maximum Gasteiger partial charge on any atom is 0.160 e. The summed E-state index contributed by atoms with van der Waals surface area (Å²) >= 11 is 0. The number of hydrogen-bond acceptors (Lipinski definition) is 5. The van der Waals surface area contributed by atoms with E-state index in [2.05, 4.69) is 50.3 Å². The molecule has 4 aromatic rings. The van der Waals surface area contributed by atoms with Crippen LogP contribution in [0.3, 0.4) is 0 Å². The van der Waals surface area contributed by atoms with Gasteiger partial charge in [0.25, 0.3) is 0 Å². The number of anilines is 1. The van der Waals surface area contributed by atoms with Crippen molar-refractivity contribution >= 4 is 11.5 Å². The van der Waals surface area contributed by atoms with Gasteiger partial charge < -0.3 is 4.90 Å². The molecule has 0 aliphatic rings. The van der Waals surface area contributed by atoms with Gasteiger partial charge in [-0.1, -0.05) is 18.2 Å². The van der Waals surface area contributed by atoms with Crippen LogP contribution in [-0.2, 0) is 17.8 Å². The number of Topliss-reactive ketones (excluding diaryl/α,β-unsaturated/α-hetero) is 1. The Hall–Kier alpha value is -3.80. The van der Waals surface area contributed by atoms with Crippen molar-refractivity contribution in [3.8, 4) is 22.3 Å². The molecular weight excluding hydrogens is 398 g/mol. The number of benzene rings is 1. The molecule has 3 aromatic heterocycles. The molecule has 0 aliphatic heterocycles. The van der Waals surface area contributed by atoms with Crippen LogP contribution in [0.2, 0.25) is 0 Å². The van der Waals surface area contributed by atoms with E-state index < -0.39 is 0 Å². The minimum absolute atomic E-state index is 0.0667. The second-order valence-corrected chi connectivity index (χ2v) is 8.27. The first-order chi connectivity index (χ1) is 15.4. The summed E-state index contributed by atoms with van der Waals surface area (Å²) in [6.07, 6.45) is 7.67. The zero-order chi connectivity index (χ0) is 22.7.